The Bertz CT molecular complexity index is 336. The van der Waals surface area contributed by atoms with Crippen LogP contribution in [0.15, 0.2) is 28.7 Å². The molecule has 1 N–H and O–H groups in total. The molecule has 1 rings (SSSR count). The average molecular weight is 289 g/mol. The molecule has 16 heavy (non-hydrogen) atoms. The van der Waals surface area contributed by atoms with Crippen molar-refractivity contribution in [3.63, 3.8) is 0 Å². The number of benzene rings is 1. The number of hydrogen-bond donors (Lipinski definition) is 1. The number of ether oxygens (including phenoxy) is 2. The lowest BCUT2D eigenvalue weighted by Gasteiger charge is -2.09. The van der Waals surface area contributed by atoms with Crippen LogP contribution in [0, 0.1) is 0 Å². The number of aliphatic carboxylic acids is 1. The molecule has 0 aliphatic rings. The molecule has 0 amide bonds. The number of rotatable bonds is 6. The average Bonchev–Trinajstić information content (AvgIpc) is 2.26. The fourth-order valence-corrected chi connectivity index (χ4v) is 1.25. The smallest absolute Gasteiger partial charge is 0.332 e. The minimum Gasteiger partial charge on any atom is -0.491 e. The van der Waals surface area contributed by atoms with Crippen LogP contribution in [0.1, 0.15) is 6.92 Å². The van der Waals surface area contributed by atoms with Crippen LogP contribution in [0.3, 0.4) is 0 Å². The molecule has 1 atom stereocenters. The summed E-state index contributed by atoms with van der Waals surface area (Å²) in [6.07, 6.45) is -0.798. The Balaban J connectivity index is 2.21. The summed E-state index contributed by atoms with van der Waals surface area (Å²) in [7, 11) is 0. The molecule has 0 saturated heterocycles. The van der Waals surface area contributed by atoms with Gasteiger partial charge in [-0.05, 0) is 31.2 Å². The quantitative estimate of drug-likeness (QED) is 0.816. The highest BCUT2D eigenvalue weighted by Gasteiger charge is 2.09. The molecule has 0 unspecified atom stereocenters. The molecular weight excluding hydrogens is 276 g/mol. The van der Waals surface area contributed by atoms with E-state index in [0.29, 0.717) is 6.61 Å². The monoisotopic (exact) mass is 288 g/mol. The predicted octanol–water partition coefficient (Wildman–Crippen LogP) is 2.32. The van der Waals surface area contributed by atoms with E-state index in [2.05, 4.69) is 15.9 Å². The Morgan fingerprint density at radius 1 is 1.38 bits per heavy atom. The van der Waals surface area contributed by atoms with Gasteiger partial charge in [-0.25, -0.2) is 4.79 Å². The largest absolute Gasteiger partial charge is 0.491 e. The summed E-state index contributed by atoms with van der Waals surface area (Å²) in [5, 5.41) is 8.56. The first-order valence-electron chi connectivity index (χ1n) is 4.82. The van der Waals surface area contributed by atoms with Crippen LogP contribution >= 0.6 is 15.9 Å². The Labute approximate surface area is 102 Å². The van der Waals surface area contributed by atoms with E-state index in [1.807, 2.05) is 24.3 Å². The highest BCUT2D eigenvalue weighted by molar-refractivity contribution is 9.10. The Morgan fingerprint density at radius 2 is 2.00 bits per heavy atom. The topological polar surface area (TPSA) is 55.8 Å². The molecule has 0 heterocycles. The third-order valence-electron chi connectivity index (χ3n) is 1.88. The normalized spacial score (nSPS) is 12.1. The third-order valence-corrected chi connectivity index (χ3v) is 2.41. The van der Waals surface area contributed by atoms with E-state index in [-0.39, 0.29) is 6.61 Å². The lowest BCUT2D eigenvalue weighted by molar-refractivity contribution is -0.149. The van der Waals surface area contributed by atoms with E-state index in [1.165, 1.54) is 6.92 Å². The van der Waals surface area contributed by atoms with Crippen molar-refractivity contribution < 1.29 is 19.4 Å². The van der Waals surface area contributed by atoms with Crippen molar-refractivity contribution >= 4 is 21.9 Å². The molecule has 0 saturated carbocycles. The standard InChI is InChI=1S/C11H13BrO4/c1-8(11(13)14)15-6-7-16-10-4-2-9(12)3-5-10/h2-5,8H,6-7H2,1H3,(H,13,14)/t8-/m0/s1. The molecule has 0 bridgehead atoms. The third kappa shape index (κ3) is 4.63. The van der Waals surface area contributed by atoms with E-state index in [4.69, 9.17) is 14.6 Å². The number of carboxylic acids is 1. The SMILES string of the molecule is C[C@H](OCCOc1ccc(Br)cc1)C(=O)O. The minimum atomic E-state index is -0.969. The maximum Gasteiger partial charge on any atom is 0.332 e. The molecule has 88 valence electrons. The fourth-order valence-electron chi connectivity index (χ4n) is 0.987. The number of carboxylic acid groups (broad SMARTS) is 1. The molecular formula is C11H13BrO4. The van der Waals surface area contributed by atoms with Crippen molar-refractivity contribution in [3.05, 3.63) is 28.7 Å². The van der Waals surface area contributed by atoms with Crippen LogP contribution in [-0.4, -0.2) is 30.4 Å². The van der Waals surface area contributed by atoms with Crippen molar-refractivity contribution in [2.45, 2.75) is 13.0 Å². The van der Waals surface area contributed by atoms with Crippen molar-refractivity contribution in [2.75, 3.05) is 13.2 Å². The second kappa shape index (κ2) is 6.50. The van der Waals surface area contributed by atoms with Crippen molar-refractivity contribution in [1.29, 1.82) is 0 Å². The second-order valence-electron chi connectivity index (χ2n) is 3.15. The van der Waals surface area contributed by atoms with Gasteiger partial charge < -0.3 is 14.6 Å². The molecule has 1 aromatic carbocycles. The minimum absolute atomic E-state index is 0.254. The van der Waals surface area contributed by atoms with Gasteiger partial charge >= 0.3 is 5.97 Å². The van der Waals surface area contributed by atoms with Crippen LogP contribution < -0.4 is 4.74 Å². The molecule has 0 aromatic heterocycles. The first-order valence-corrected chi connectivity index (χ1v) is 5.61. The summed E-state index contributed by atoms with van der Waals surface area (Å²) < 4.78 is 11.3. The second-order valence-corrected chi connectivity index (χ2v) is 4.07. The number of hydrogen-bond acceptors (Lipinski definition) is 3. The van der Waals surface area contributed by atoms with E-state index in [0.717, 1.165) is 10.2 Å². The molecule has 0 aliphatic heterocycles. The van der Waals surface area contributed by atoms with Gasteiger partial charge in [0.1, 0.15) is 12.4 Å². The van der Waals surface area contributed by atoms with E-state index in [9.17, 15) is 4.79 Å². The molecule has 0 radical (unpaired) electrons. The van der Waals surface area contributed by atoms with Gasteiger partial charge in [-0.3, -0.25) is 0 Å². The summed E-state index contributed by atoms with van der Waals surface area (Å²) in [5.41, 5.74) is 0. The highest BCUT2D eigenvalue weighted by atomic mass is 79.9. The maximum atomic E-state index is 10.4. The van der Waals surface area contributed by atoms with Crippen LogP contribution in [0.2, 0.25) is 0 Å². The lowest BCUT2D eigenvalue weighted by Crippen LogP contribution is -2.22. The van der Waals surface area contributed by atoms with Gasteiger partial charge in [-0.1, -0.05) is 15.9 Å². The van der Waals surface area contributed by atoms with Crippen molar-refractivity contribution in [3.8, 4) is 5.75 Å². The van der Waals surface area contributed by atoms with Crippen molar-refractivity contribution in [1.82, 2.24) is 0 Å². The summed E-state index contributed by atoms with van der Waals surface area (Å²) in [6, 6.07) is 7.39. The van der Waals surface area contributed by atoms with E-state index >= 15 is 0 Å². The van der Waals surface area contributed by atoms with Crippen LogP contribution in [0.5, 0.6) is 5.75 Å². The van der Waals surface area contributed by atoms with E-state index < -0.39 is 12.1 Å². The molecule has 5 heteroatoms. The van der Waals surface area contributed by atoms with Crippen LogP contribution in [0.4, 0.5) is 0 Å². The van der Waals surface area contributed by atoms with Gasteiger partial charge in [-0.2, -0.15) is 0 Å². The number of carbonyl (C=O) groups is 1. The summed E-state index contributed by atoms with van der Waals surface area (Å²) in [5.74, 6) is -0.238. The van der Waals surface area contributed by atoms with Gasteiger partial charge in [-0.15, -0.1) is 0 Å². The zero-order chi connectivity index (χ0) is 12.0. The summed E-state index contributed by atoms with van der Waals surface area (Å²) in [6.45, 7) is 2.07. The molecule has 0 fully saturated rings. The maximum absolute atomic E-state index is 10.4. The first kappa shape index (κ1) is 13.0. The van der Waals surface area contributed by atoms with Gasteiger partial charge in [0.2, 0.25) is 0 Å². The summed E-state index contributed by atoms with van der Waals surface area (Å²) in [4.78, 5) is 10.4. The Morgan fingerprint density at radius 3 is 2.56 bits per heavy atom. The van der Waals surface area contributed by atoms with Gasteiger partial charge in [0.15, 0.2) is 6.10 Å². The zero-order valence-electron chi connectivity index (χ0n) is 8.85. The van der Waals surface area contributed by atoms with Crippen molar-refractivity contribution in [2.24, 2.45) is 0 Å². The van der Waals surface area contributed by atoms with Crippen LogP contribution in [0.25, 0.3) is 0 Å². The highest BCUT2D eigenvalue weighted by Crippen LogP contribution is 2.15. The van der Waals surface area contributed by atoms with E-state index in [1.54, 1.807) is 0 Å². The molecule has 1 aromatic rings. The van der Waals surface area contributed by atoms with Gasteiger partial charge in [0, 0.05) is 4.47 Å². The molecule has 4 nitrogen and oxygen atoms in total. The Hall–Kier alpha value is -1.07. The van der Waals surface area contributed by atoms with Gasteiger partial charge in [0.05, 0.1) is 6.61 Å². The first-order chi connectivity index (χ1) is 7.59. The Kier molecular flexibility index (Phi) is 5.28. The number of halogens is 1. The fraction of sp³-hybridized carbons (Fsp3) is 0.364. The summed E-state index contributed by atoms with van der Waals surface area (Å²) >= 11 is 3.32. The van der Waals surface area contributed by atoms with Crippen LogP contribution in [-0.2, 0) is 9.53 Å². The van der Waals surface area contributed by atoms with Gasteiger partial charge in [0.25, 0.3) is 0 Å². The zero-order valence-corrected chi connectivity index (χ0v) is 10.4. The predicted molar refractivity (Wildman–Crippen MR) is 62.7 cm³/mol. The molecule has 0 spiro atoms. The lowest BCUT2D eigenvalue weighted by atomic mass is 10.3. The molecule has 0 aliphatic carbocycles.